The highest BCUT2D eigenvalue weighted by molar-refractivity contribution is 5.94. The van der Waals surface area contributed by atoms with Gasteiger partial charge in [0.1, 0.15) is 5.75 Å². The summed E-state index contributed by atoms with van der Waals surface area (Å²) < 4.78 is 5.56. The summed E-state index contributed by atoms with van der Waals surface area (Å²) in [5.41, 5.74) is 6.22. The molecule has 23 heavy (non-hydrogen) atoms. The third-order valence-electron chi connectivity index (χ3n) is 3.05. The summed E-state index contributed by atoms with van der Waals surface area (Å²) in [7, 11) is 0. The van der Waals surface area contributed by atoms with Crippen LogP contribution in [0.2, 0.25) is 0 Å². The van der Waals surface area contributed by atoms with Crippen LogP contribution in [-0.4, -0.2) is 23.4 Å². The molecule has 2 aromatic rings. The van der Waals surface area contributed by atoms with Crippen molar-refractivity contribution in [1.82, 2.24) is 15.8 Å². The molecule has 0 aliphatic carbocycles. The van der Waals surface area contributed by atoms with Gasteiger partial charge in [-0.25, -0.2) is 0 Å². The molecular weight excluding hydrogens is 294 g/mol. The number of aromatic nitrogens is 1. The minimum atomic E-state index is -0.400. The Bertz CT molecular complexity index is 659. The van der Waals surface area contributed by atoms with Crippen molar-refractivity contribution in [1.29, 1.82) is 0 Å². The number of ether oxygens (including phenoxy) is 1. The molecule has 0 fully saturated rings. The molecule has 0 radical (unpaired) electrons. The maximum Gasteiger partial charge on any atom is 0.271 e. The zero-order valence-corrected chi connectivity index (χ0v) is 12.9. The number of rotatable bonds is 6. The largest absolute Gasteiger partial charge is 0.494 e. The zero-order chi connectivity index (χ0) is 16.5. The van der Waals surface area contributed by atoms with Gasteiger partial charge in [-0.15, -0.1) is 0 Å². The maximum atomic E-state index is 11.7. The van der Waals surface area contributed by atoms with Crippen molar-refractivity contribution in [3.63, 3.8) is 0 Å². The molecule has 2 amide bonds. The molecule has 1 aromatic heterocycles. The number of carbonyl (C=O) groups excluding carboxylic acids is 2. The van der Waals surface area contributed by atoms with Gasteiger partial charge in [0, 0.05) is 18.8 Å². The summed E-state index contributed by atoms with van der Waals surface area (Å²) in [4.78, 5) is 27.2. The van der Waals surface area contributed by atoms with Crippen LogP contribution in [0.1, 0.15) is 28.8 Å². The van der Waals surface area contributed by atoms with Crippen molar-refractivity contribution in [2.75, 3.05) is 6.61 Å². The molecule has 0 saturated heterocycles. The van der Waals surface area contributed by atoms with E-state index < -0.39 is 5.91 Å². The van der Waals surface area contributed by atoms with Gasteiger partial charge in [0.05, 0.1) is 12.2 Å². The summed E-state index contributed by atoms with van der Waals surface area (Å²) in [6.45, 7) is 2.43. The first-order chi connectivity index (χ1) is 11.1. The van der Waals surface area contributed by atoms with Crippen LogP contribution in [0.3, 0.4) is 0 Å². The van der Waals surface area contributed by atoms with Crippen LogP contribution in [-0.2, 0) is 4.79 Å². The van der Waals surface area contributed by atoms with Crippen molar-refractivity contribution in [3.8, 4) is 5.75 Å². The topological polar surface area (TPSA) is 80.3 Å². The van der Waals surface area contributed by atoms with Crippen molar-refractivity contribution in [3.05, 3.63) is 59.9 Å². The minimum Gasteiger partial charge on any atom is -0.494 e. The first-order valence-electron chi connectivity index (χ1n) is 7.34. The molecule has 0 aliphatic heterocycles. The van der Waals surface area contributed by atoms with E-state index in [0.717, 1.165) is 11.3 Å². The summed E-state index contributed by atoms with van der Waals surface area (Å²) in [5.74, 6) is 0.118. The second-order valence-electron chi connectivity index (χ2n) is 5.01. The third-order valence-corrected chi connectivity index (χ3v) is 3.05. The lowest BCUT2D eigenvalue weighted by Crippen LogP contribution is -2.41. The minimum absolute atomic E-state index is 0.263. The highest BCUT2D eigenvalue weighted by Crippen LogP contribution is 2.12. The number of pyridine rings is 1. The van der Waals surface area contributed by atoms with Crippen LogP contribution in [0, 0.1) is 6.92 Å². The molecule has 0 spiro atoms. The van der Waals surface area contributed by atoms with Crippen LogP contribution in [0.5, 0.6) is 5.75 Å². The van der Waals surface area contributed by atoms with Gasteiger partial charge in [-0.1, -0.05) is 12.1 Å². The first kappa shape index (κ1) is 16.5. The smallest absolute Gasteiger partial charge is 0.271 e. The number of aryl methyl sites for hydroxylation is 1. The predicted molar refractivity (Wildman–Crippen MR) is 85.8 cm³/mol. The Kier molecular flexibility index (Phi) is 6.11. The van der Waals surface area contributed by atoms with E-state index in [4.69, 9.17) is 4.74 Å². The van der Waals surface area contributed by atoms with E-state index in [1.165, 1.54) is 6.20 Å². The average Bonchev–Trinajstić information content (AvgIpc) is 2.57. The molecular formula is C17H19N3O3. The molecule has 0 saturated carbocycles. The van der Waals surface area contributed by atoms with Gasteiger partial charge in [0.2, 0.25) is 5.91 Å². The van der Waals surface area contributed by atoms with Crippen LogP contribution in [0.15, 0.2) is 48.8 Å². The Labute approximate surface area is 134 Å². The summed E-state index contributed by atoms with van der Waals surface area (Å²) in [6.07, 6.45) is 3.82. The number of nitrogens with one attached hydrogen (secondary N) is 2. The van der Waals surface area contributed by atoms with E-state index in [0.29, 0.717) is 18.6 Å². The number of hydrazine groups is 1. The second-order valence-corrected chi connectivity index (χ2v) is 5.01. The first-order valence-corrected chi connectivity index (χ1v) is 7.34. The zero-order valence-electron chi connectivity index (χ0n) is 12.9. The Morgan fingerprint density at radius 1 is 1.17 bits per heavy atom. The lowest BCUT2D eigenvalue weighted by Gasteiger charge is -2.08. The summed E-state index contributed by atoms with van der Waals surface area (Å²) >= 11 is 0. The van der Waals surface area contributed by atoms with Crippen LogP contribution < -0.4 is 15.6 Å². The lowest BCUT2D eigenvalue weighted by atomic mass is 10.2. The Balaban J connectivity index is 1.63. The third kappa shape index (κ3) is 5.78. The van der Waals surface area contributed by atoms with Crippen LogP contribution in [0.25, 0.3) is 0 Å². The Hall–Kier alpha value is -2.89. The normalized spacial score (nSPS) is 9.96. The van der Waals surface area contributed by atoms with Gasteiger partial charge in [0.15, 0.2) is 0 Å². The fourth-order valence-corrected chi connectivity index (χ4v) is 1.89. The van der Waals surface area contributed by atoms with Crippen molar-refractivity contribution < 1.29 is 14.3 Å². The van der Waals surface area contributed by atoms with E-state index in [-0.39, 0.29) is 12.3 Å². The Morgan fingerprint density at radius 2 is 2.04 bits per heavy atom. The SMILES string of the molecule is Cc1cccc(OCCCC(=O)NNC(=O)c2cccnc2)c1. The van der Waals surface area contributed by atoms with E-state index in [1.807, 2.05) is 31.2 Å². The molecule has 0 atom stereocenters. The van der Waals surface area contributed by atoms with Crippen LogP contribution in [0.4, 0.5) is 0 Å². The standard InChI is InChI=1S/C17H19N3O3/c1-13-5-2-7-15(11-13)23-10-4-8-16(21)19-20-17(22)14-6-3-9-18-12-14/h2-3,5-7,9,11-12H,4,8,10H2,1H3,(H,19,21)(H,20,22). The highest BCUT2D eigenvalue weighted by atomic mass is 16.5. The summed E-state index contributed by atoms with van der Waals surface area (Å²) in [5, 5.41) is 0. The van der Waals surface area contributed by atoms with Crippen molar-refractivity contribution in [2.24, 2.45) is 0 Å². The molecule has 1 aromatic carbocycles. The van der Waals surface area contributed by atoms with Gasteiger partial charge < -0.3 is 4.74 Å². The van der Waals surface area contributed by atoms with E-state index in [1.54, 1.807) is 18.3 Å². The van der Waals surface area contributed by atoms with Gasteiger partial charge in [0.25, 0.3) is 5.91 Å². The molecule has 0 aliphatic rings. The average molecular weight is 313 g/mol. The van der Waals surface area contributed by atoms with Gasteiger partial charge >= 0.3 is 0 Å². The molecule has 0 bridgehead atoms. The van der Waals surface area contributed by atoms with Crippen molar-refractivity contribution >= 4 is 11.8 Å². The fraction of sp³-hybridized carbons (Fsp3) is 0.235. The molecule has 120 valence electrons. The number of nitrogens with zero attached hydrogens (tertiary/aromatic N) is 1. The second kappa shape index (κ2) is 8.53. The van der Waals surface area contributed by atoms with Gasteiger partial charge in [-0.3, -0.25) is 25.4 Å². The predicted octanol–water partition coefficient (Wildman–Crippen LogP) is 2.01. The quantitative estimate of drug-likeness (QED) is 0.631. The number of amides is 2. The Morgan fingerprint density at radius 3 is 2.78 bits per heavy atom. The number of hydrogen-bond acceptors (Lipinski definition) is 4. The lowest BCUT2D eigenvalue weighted by molar-refractivity contribution is -0.122. The monoisotopic (exact) mass is 313 g/mol. The molecule has 0 unspecified atom stereocenters. The number of carbonyl (C=O) groups is 2. The molecule has 6 heteroatoms. The number of benzene rings is 1. The molecule has 6 nitrogen and oxygen atoms in total. The summed E-state index contributed by atoms with van der Waals surface area (Å²) in [6, 6.07) is 11.0. The fourth-order valence-electron chi connectivity index (χ4n) is 1.89. The van der Waals surface area contributed by atoms with E-state index >= 15 is 0 Å². The van der Waals surface area contributed by atoms with E-state index in [9.17, 15) is 9.59 Å². The molecule has 1 heterocycles. The highest BCUT2D eigenvalue weighted by Gasteiger charge is 2.07. The van der Waals surface area contributed by atoms with E-state index in [2.05, 4.69) is 15.8 Å². The van der Waals surface area contributed by atoms with Crippen LogP contribution >= 0.6 is 0 Å². The van der Waals surface area contributed by atoms with Crippen molar-refractivity contribution in [2.45, 2.75) is 19.8 Å². The molecule has 2 rings (SSSR count). The van der Waals surface area contributed by atoms with Gasteiger partial charge in [-0.05, 0) is 43.2 Å². The molecule has 2 N–H and O–H groups in total. The number of hydrogen-bond donors (Lipinski definition) is 2. The van der Waals surface area contributed by atoms with Gasteiger partial charge in [-0.2, -0.15) is 0 Å². The maximum absolute atomic E-state index is 11.7.